The van der Waals surface area contributed by atoms with E-state index in [4.69, 9.17) is 0 Å². The Kier molecular flexibility index (Phi) is 7.38. The Balaban J connectivity index is 1.68. The average Bonchev–Trinajstić information content (AvgIpc) is 3.15. The maximum Gasteiger partial charge on any atom is 0.254 e. The highest BCUT2D eigenvalue weighted by atomic mass is 79.9. The van der Waals surface area contributed by atoms with Crippen molar-refractivity contribution in [3.63, 3.8) is 0 Å². The first-order chi connectivity index (χ1) is 14.4. The number of hydrogen-bond acceptors (Lipinski definition) is 5. The van der Waals surface area contributed by atoms with Crippen molar-refractivity contribution in [1.29, 1.82) is 0 Å². The Labute approximate surface area is 186 Å². The number of hydrogen-bond donors (Lipinski definition) is 1. The van der Waals surface area contributed by atoms with Crippen molar-refractivity contribution in [2.75, 3.05) is 5.75 Å². The number of carbonyl (C=O) groups is 2. The number of ketones is 1. The molecule has 0 radical (unpaired) electrons. The van der Waals surface area contributed by atoms with Crippen molar-refractivity contribution < 1.29 is 14.0 Å². The Morgan fingerprint density at radius 3 is 2.53 bits per heavy atom. The summed E-state index contributed by atoms with van der Waals surface area (Å²) in [6.45, 7) is 4.26. The van der Waals surface area contributed by atoms with Crippen molar-refractivity contribution in [1.82, 2.24) is 20.1 Å². The number of Topliss-reactive ketones (excluding diaryl/α,β-unsaturated/α-hetero) is 1. The molecule has 1 heterocycles. The molecule has 6 nitrogen and oxygen atoms in total. The van der Waals surface area contributed by atoms with E-state index < -0.39 is 17.8 Å². The molecule has 0 saturated heterocycles. The van der Waals surface area contributed by atoms with Crippen molar-refractivity contribution in [2.24, 2.45) is 0 Å². The molecule has 156 valence electrons. The number of carbonyl (C=O) groups excluding carboxylic acids is 2. The van der Waals surface area contributed by atoms with Gasteiger partial charge in [-0.3, -0.25) is 9.59 Å². The molecule has 0 aliphatic rings. The standard InChI is InChI=1S/C21H20BrFN4O2S/c1-3-27-19(13(2)24-20(29)16-6-4-5-7-17(16)23)25-26-21(27)30-12-18(28)14-8-10-15(22)11-9-14/h4-11,13H,3,12H2,1-2H3,(H,24,29)/t13-/m0/s1. The largest absolute Gasteiger partial charge is 0.342 e. The van der Waals surface area contributed by atoms with Crippen LogP contribution < -0.4 is 5.32 Å². The van der Waals surface area contributed by atoms with Gasteiger partial charge in [0.2, 0.25) is 0 Å². The van der Waals surface area contributed by atoms with Crippen molar-refractivity contribution in [2.45, 2.75) is 31.6 Å². The van der Waals surface area contributed by atoms with Crippen molar-refractivity contribution >= 4 is 39.4 Å². The first-order valence-electron chi connectivity index (χ1n) is 9.30. The Morgan fingerprint density at radius 2 is 1.87 bits per heavy atom. The summed E-state index contributed by atoms with van der Waals surface area (Å²) >= 11 is 4.64. The summed E-state index contributed by atoms with van der Waals surface area (Å²) in [5.41, 5.74) is 0.598. The van der Waals surface area contributed by atoms with Gasteiger partial charge in [0.1, 0.15) is 5.82 Å². The number of thioether (sulfide) groups is 1. The van der Waals surface area contributed by atoms with Gasteiger partial charge in [0.25, 0.3) is 5.91 Å². The second kappa shape index (κ2) is 9.99. The molecule has 30 heavy (non-hydrogen) atoms. The number of aromatic nitrogens is 3. The van der Waals surface area contributed by atoms with E-state index in [0.29, 0.717) is 23.1 Å². The SMILES string of the molecule is CCn1c(SCC(=O)c2ccc(Br)cc2)nnc1[C@H](C)NC(=O)c1ccccc1F. The van der Waals surface area contributed by atoms with Crippen LogP contribution in [-0.2, 0) is 6.54 Å². The summed E-state index contributed by atoms with van der Waals surface area (Å²) in [4.78, 5) is 24.8. The van der Waals surface area contributed by atoms with E-state index in [1.165, 1.54) is 30.0 Å². The fraction of sp³-hybridized carbons (Fsp3) is 0.238. The minimum absolute atomic E-state index is 0.0133. The Bertz CT molecular complexity index is 1060. The van der Waals surface area contributed by atoms with E-state index in [1.807, 2.05) is 23.6 Å². The number of halogens is 2. The molecule has 9 heteroatoms. The van der Waals surface area contributed by atoms with Crippen LogP contribution >= 0.6 is 27.7 Å². The highest BCUT2D eigenvalue weighted by Gasteiger charge is 2.21. The summed E-state index contributed by atoms with van der Waals surface area (Å²) in [6.07, 6.45) is 0. The average molecular weight is 491 g/mol. The van der Waals surface area contributed by atoms with E-state index in [1.54, 1.807) is 25.1 Å². The molecule has 1 atom stereocenters. The third-order valence-electron chi connectivity index (χ3n) is 4.41. The lowest BCUT2D eigenvalue weighted by Gasteiger charge is -2.15. The van der Waals surface area contributed by atoms with E-state index >= 15 is 0 Å². The maximum atomic E-state index is 13.8. The number of nitrogens with zero attached hydrogens (tertiary/aromatic N) is 3. The molecule has 0 fully saturated rings. The molecule has 0 saturated carbocycles. The highest BCUT2D eigenvalue weighted by Crippen LogP contribution is 2.22. The third-order valence-corrected chi connectivity index (χ3v) is 5.91. The quantitative estimate of drug-likeness (QED) is 0.366. The van der Waals surface area contributed by atoms with E-state index in [2.05, 4.69) is 31.4 Å². The highest BCUT2D eigenvalue weighted by molar-refractivity contribution is 9.10. The van der Waals surface area contributed by atoms with E-state index in [0.717, 1.165) is 4.47 Å². The lowest BCUT2D eigenvalue weighted by molar-refractivity contribution is 0.0932. The Morgan fingerprint density at radius 1 is 1.17 bits per heavy atom. The summed E-state index contributed by atoms with van der Waals surface area (Å²) in [5, 5.41) is 11.7. The van der Waals surface area contributed by atoms with Gasteiger partial charge in [-0.05, 0) is 38.1 Å². The zero-order chi connectivity index (χ0) is 21.7. The molecular weight excluding hydrogens is 471 g/mol. The van der Waals surface area contributed by atoms with Crippen LogP contribution in [0.15, 0.2) is 58.2 Å². The zero-order valence-corrected chi connectivity index (χ0v) is 18.8. The topological polar surface area (TPSA) is 76.9 Å². The van der Waals surface area contributed by atoms with Crippen LogP contribution in [0, 0.1) is 5.82 Å². The second-order valence-corrected chi connectivity index (χ2v) is 8.34. The van der Waals surface area contributed by atoms with Gasteiger partial charge in [0.05, 0.1) is 17.4 Å². The minimum atomic E-state index is -0.582. The van der Waals surface area contributed by atoms with Gasteiger partial charge in [-0.1, -0.05) is 52.0 Å². The molecule has 3 aromatic rings. The second-order valence-electron chi connectivity index (χ2n) is 6.48. The molecule has 3 rings (SSSR count). The minimum Gasteiger partial charge on any atom is -0.342 e. The summed E-state index contributed by atoms with van der Waals surface area (Å²) in [7, 11) is 0. The molecule has 0 aliphatic carbocycles. The van der Waals surface area contributed by atoms with Crippen LogP contribution in [0.5, 0.6) is 0 Å². The predicted molar refractivity (Wildman–Crippen MR) is 117 cm³/mol. The van der Waals surface area contributed by atoms with Gasteiger partial charge in [0, 0.05) is 16.6 Å². The molecule has 2 aromatic carbocycles. The van der Waals surface area contributed by atoms with Gasteiger partial charge in [-0.2, -0.15) is 0 Å². The maximum absolute atomic E-state index is 13.8. The van der Waals surface area contributed by atoms with Crippen LogP contribution in [0.2, 0.25) is 0 Å². The lowest BCUT2D eigenvalue weighted by atomic mass is 10.2. The van der Waals surface area contributed by atoms with Crippen LogP contribution in [0.1, 0.15) is 46.4 Å². The van der Waals surface area contributed by atoms with Crippen LogP contribution in [0.25, 0.3) is 0 Å². The first-order valence-corrected chi connectivity index (χ1v) is 11.1. The number of benzene rings is 2. The van der Waals surface area contributed by atoms with Crippen LogP contribution in [-0.4, -0.2) is 32.2 Å². The molecule has 0 spiro atoms. The number of nitrogens with one attached hydrogen (secondary N) is 1. The fourth-order valence-corrected chi connectivity index (χ4v) is 4.03. The van der Waals surface area contributed by atoms with Crippen molar-refractivity contribution in [3.05, 3.63) is 75.8 Å². The monoisotopic (exact) mass is 490 g/mol. The predicted octanol–water partition coefficient (Wildman–Crippen LogP) is 4.67. The van der Waals surface area contributed by atoms with Gasteiger partial charge in [0.15, 0.2) is 16.8 Å². The van der Waals surface area contributed by atoms with Gasteiger partial charge < -0.3 is 9.88 Å². The van der Waals surface area contributed by atoms with Crippen LogP contribution in [0.3, 0.4) is 0 Å². The van der Waals surface area contributed by atoms with Gasteiger partial charge in [-0.15, -0.1) is 10.2 Å². The van der Waals surface area contributed by atoms with E-state index in [-0.39, 0.29) is 17.1 Å². The smallest absolute Gasteiger partial charge is 0.254 e. The van der Waals surface area contributed by atoms with Gasteiger partial charge in [-0.25, -0.2) is 4.39 Å². The molecule has 0 aliphatic heterocycles. The van der Waals surface area contributed by atoms with Crippen LogP contribution in [0.4, 0.5) is 4.39 Å². The fourth-order valence-electron chi connectivity index (χ4n) is 2.86. The first kappa shape index (κ1) is 22.2. The summed E-state index contributed by atoms with van der Waals surface area (Å²) in [5.74, 6) is -0.357. The normalized spacial score (nSPS) is 11.9. The van der Waals surface area contributed by atoms with Crippen molar-refractivity contribution in [3.8, 4) is 0 Å². The molecule has 1 aromatic heterocycles. The zero-order valence-electron chi connectivity index (χ0n) is 16.4. The molecular formula is C21H20BrFN4O2S. The lowest BCUT2D eigenvalue weighted by Crippen LogP contribution is -2.29. The third kappa shape index (κ3) is 5.14. The summed E-state index contributed by atoms with van der Waals surface area (Å²) < 4.78 is 16.6. The number of rotatable bonds is 8. The summed E-state index contributed by atoms with van der Waals surface area (Å²) in [6, 6.07) is 12.5. The molecule has 1 N–H and O–H groups in total. The molecule has 0 bridgehead atoms. The Hall–Kier alpha value is -2.52. The number of amides is 1. The molecule has 0 unspecified atom stereocenters. The van der Waals surface area contributed by atoms with E-state index in [9.17, 15) is 14.0 Å². The molecule has 1 amide bonds. The van der Waals surface area contributed by atoms with Gasteiger partial charge >= 0.3 is 0 Å².